The number of aromatic nitrogens is 4. The van der Waals surface area contributed by atoms with Crippen LogP contribution in [0, 0.1) is 5.92 Å². The summed E-state index contributed by atoms with van der Waals surface area (Å²) in [4.78, 5) is 13.1. The molecular weight excluding hydrogens is 514 g/mol. The summed E-state index contributed by atoms with van der Waals surface area (Å²) >= 11 is 0. The van der Waals surface area contributed by atoms with Crippen LogP contribution in [-0.4, -0.2) is 70.9 Å². The minimum absolute atomic E-state index is 0.0594. The summed E-state index contributed by atoms with van der Waals surface area (Å²) in [7, 11) is 3.23. The number of aliphatic hydroxyl groups excluding tert-OH is 1. The van der Waals surface area contributed by atoms with Gasteiger partial charge >= 0.3 is 0 Å². The highest BCUT2D eigenvalue weighted by Gasteiger charge is 2.45. The van der Waals surface area contributed by atoms with E-state index in [0.29, 0.717) is 50.6 Å². The highest BCUT2D eigenvalue weighted by atomic mass is 16.5. The number of ether oxygens (including phenoxy) is 5. The second kappa shape index (κ2) is 13.1. The normalized spacial score (nSPS) is 20.7. The summed E-state index contributed by atoms with van der Waals surface area (Å²) < 4.78 is 30.4. The lowest BCUT2D eigenvalue weighted by Gasteiger charge is -2.23. The van der Waals surface area contributed by atoms with Gasteiger partial charge in [-0.2, -0.15) is 9.97 Å². The van der Waals surface area contributed by atoms with Crippen molar-refractivity contribution in [2.24, 2.45) is 5.92 Å². The van der Waals surface area contributed by atoms with Crippen LogP contribution in [0.15, 0.2) is 60.9 Å². The number of nitrogen functional groups attached to an aromatic ring is 1. The molecule has 2 heterocycles. The van der Waals surface area contributed by atoms with Gasteiger partial charge in [-0.25, -0.2) is 4.98 Å². The topological polar surface area (TPSA) is 136 Å². The maximum absolute atomic E-state index is 11.6. The molecule has 0 spiro atoms. The van der Waals surface area contributed by atoms with Gasteiger partial charge in [0, 0.05) is 13.0 Å². The van der Waals surface area contributed by atoms with E-state index < -0.39 is 6.10 Å². The second-order valence-electron chi connectivity index (χ2n) is 9.71. The molecule has 1 fully saturated rings. The van der Waals surface area contributed by atoms with Crippen molar-refractivity contribution in [3.05, 3.63) is 72.1 Å². The summed E-state index contributed by atoms with van der Waals surface area (Å²) in [5, 5.41) is 11.6. The maximum atomic E-state index is 11.6. The Morgan fingerprint density at radius 2 is 1.75 bits per heavy atom. The Bertz CT molecular complexity index is 1370. The third-order valence-corrected chi connectivity index (χ3v) is 7.12. The summed E-state index contributed by atoms with van der Waals surface area (Å²) in [6.07, 6.45) is 1.13. The van der Waals surface area contributed by atoms with Crippen LogP contribution in [0.5, 0.6) is 11.6 Å². The molecule has 0 radical (unpaired) electrons. The summed E-state index contributed by atoms with van der Waals surface area (Å²) in [6.45, 7) is 1.85. The zero-order valence-corrected chi connectivity index (χ0v) is 22.7. The van der Waals surface area contributed by atoms with E-state index in [9.17, 15) is 5.11 Å². The Labute approximate surface area is 232 Å². The van der Waals surface area contributed by atoms with Gasteiger partial charge in [0.2, 0.25) is 11.8 Å². The van der Waals surface area contributed by atoms with E-state index in [-0.39, 0.29) is 29.9 Å². The molecule has 1 aliphatic carbocycles. The first-order chi connectivity index (χ1) is 19.6. The van der Waals surface area contributed by atoms with Crippen LogP contribution in [0.1, 0.15) is 23.6 Å². The third kappa shape index (κ3) is 6.34. The Balaban J connectivity index is 1.36. The van der Waals surface area contributed by atoms with Crippen molar-refractivity contribution in [3.8, 4) is 11.6 Å². The molecule has 0 saturated heterocycles. The van der Waals surface area contributed by atoms with Gasteiger partial charge in [0.1, 0.15) is 12.4 Å². The minimum Gasteiger partial charge on any atom is -0.497 e. The molecular formula is C29H35N5O6. The lowest BCUT2D eigenvalue weighted by molar-refractivity contribution is -0.0475. The van der Waals surface area contributed by atoms with E-state index in [4.69, 9.17) is 29.4 Å². The number of aliphatic hydroxyl groups is 1. The molecule has 11 heteroatoms. The zero-order chi connectivity index (χ0) is 27.9. The molecule has 2 aromatic carbocycles. The molecule has 0 aliphatic heterocycles. The molecule has 1 aliphatic rings. The number of hydrogen-bond acceptors (Lipinski definition) is 10. The number of methoxy groups -OCH3 is 2. The van der Waals surface area contributed by atoms with E-state index in [0.717, 1.165) is 16.9 Å². The smallest absolute Gasteiger partial charge is 0.247 e. The third-order valence-electron chi connectivity index (χ3n) is 7.12. The molecule has 212 valence electrons. The SMILES string of the molecule is COCCOc1nc(N)nc2c1ncn2C1CC(OCc2ccc(OC)cc2)C(COCc2ccccc2)C1O. The van der Waals surface area contributed by atoms with E-state index in [1.165, 1.54) is 0 Å². The largest absolute Gasteiger partial charge is 0.497 e. The number of hydrogen-bond donors (Lipinski definition) is 2. The predicted molar refractivity (Wildman–Crippen MR) is 148 cm³/mol. The first-order valence-corrected chi connectivity index (χ1v) is 13.2. The zero-order valence-electron chi connectivity index (χ0n) is 22.7. The molecule has 1 saturated carbocycles. The Hall–Kier alpha value is -3.77. The fourth-order valence-electron chi connectivity index (χ4n) is 5.02. The molecule has 3 N–H and O–H groups in total. The molecule has 5 rings (SSSR count). The van der Waals surface area contributed by atoms with Gasteiger partial charge in [-0.05, 0) is 29.7 Å². The van der Waals surface area contributed by atoms with E-state index in [1.807, 2.05) is 59.2 Å². The second-order valence-corrected chi connectivity index (χ2v) is 9.71. The van der Waals surface area contributed by atoms with E-state index in [1.54, 1.807) is 20.5 Å². The van der Waals surface area contributed by atoms with Gasteiger partial charge < -0.3 is 39.1 Å². The number of nitrogens with zero attached hydrogens (tertiary/aromatic N) is 4. The van der Waals surface area contributed by atoms with Crippen LogP contribution in [0.25, 0.3) is 11.2 Å². The van der Waals surface area contributed by atoms with Crippen molar-refractivity contribution in [1.82, 2.24) is 19.5 Å². The van der Waals surface area contributed by atoms with Gasteiger partial charge in [0.05, 0.1) is 58.1 Å². The number of nitrogens with two attached hydrogens (primary N) is 1. The maximum Gasteiger partial charge on any atom is 0.247 e. The van der Waals surface area contributed by atoms with Gasteiger partial charge in [0.15, 0.2) is 11.2 Å². The number of benzene rings is 2. The minimum atomic E-state index is -0.775. The molecule has 2 aromatic heterocycles. The molecule has 11 nitrogen and oxygen atoms in total. The molecule has 4 atom stereocenters. The average Bonchev–Trinajstić information content (AvgIpc) is 3.53. The van der Waals surface area contributed by atoms with Crippen LogP contribution in [0.4, 0.5) is 5.95 Å². The summed E-state index contributed by atoms with van der Waals surface area (Å²) in [5.74, 6) is 0.845. The Morgan fingerprint density at radius 1 is 0.975 bits per heavy atom. The van der Waals surface area contributed by atoms with Crippen molar-refractivity contribution < 1.29 is 28.8 Å². The molecule has 0 bridgehead atoms. The monoisotopic (exact) mass is 549 g/mol. The standard InChI is InChI=1S/C29H35N5O6/c1-36-12-13-39-28-25-27(32-29(30)33-28)34(18-31-25)23-14-24(40-16-20-8-10-21(37-2)11-9-20)22(26(23)35)17-38-15-19-6-4-3-5-7-19/h3-11,18,22-24,26,35H,12-17H2,1-2H3,(H2,30,32,33). The van der Waals surface area contributed by atoms with Crippen LogP contribution in [0.3, 0.4) is 0 Å². The fraction of sp³-hybridized carbons (Fsp3) is 0.414. The van der Waals surface area contributed by atoms with Crippen molar-refractivity contribution in [3.63, 3.8) is 0 Å². The highest BCUT2D eigenvalue weighted by molar-refractivity contribution is 5.77. The summed E-state index contributed by atoms with van der Waals surface area (Å²) in [6, 6.07) is 17.3. The quantitative estimate of drug-likeness (QED) is 0.239. The van der Waals surface area contributed by atoms with E-state index in [2.05, 4.69) is 15.0 Å². The fourth-order valence-corrected chi connectivity index (χ4v) is 5.02. The Morgan fingerprint density at radius 3 is 2.50 bits per heavy atom. The number of rotatable bonds is 13. The number of imidazole rings is 1. The average molecular weight is 550 g/mol. The lowest BCUT2D eigenvalue weighted by atomic mass is 10.0. The van der Waals surface area contributed by atoms with Crippen LogP contribution < -0.4 is 15.2 Å². The molecule has 40 heavy (non-hydrogen) atoms. The molecule has 4 aromatic rings. The van der Waals surface area contributed by atoms with Crippen molar-refractivity contribution >= 4 is 17.1 Å². The van der Waals surface area contributed by atoms with Crippen molar-refractivity contribution in [2.75, 3.05) is 39.8 Å². The molecule has 4 unspecified atom stereocenters. The van der Waals surface area contributed by atoms with Gasteiger partial charge in [-0.1, -0.05) is 42.5 Å². The Kier molecular flexibility index (Phi) is 9.07. The predicted octanol–water partition coefficient (Wildman–Crippen LogP) is 3.17. The van der Waals surface area contributed by atoms with Crippen LogP contribution in [-0.2, 0) is 27.4 Å². The highest BCUT2D eigenvalue weighted by Crippen LogP contribution is 2.40. The van der Waals surface area contributed by atoms with E-state index >= 15 is 0 Å². The first-order valence-electron chi connectivity index (χ1n) is 13.2. The van der Waals surface area contributed by atoms with Gasteiger partial charge in [0.25, 0.3) is 0 Å². The number of fused-ring (bicyclic) bond motifs is 1. The van der Waals surface area contributed by atoms with Crippen molar-refractivity contribution in [1.29, 1.82) is 0 Å². The van der Waals surface area contributed by atoms with Crippen LogP contribution >= 0.6 is 0 Å². The molecule has 0 amide bonds. The van der Waals surface area contributed by atoms with Crippen molar-refractivity contribution in [2.45, 2.75) is 37.9 Å². The van der Waals surface area contributed by atoms with Crippen LogP contribution in [0.2, 0.25) is 0 Å². The van der Waals surface area contributed by atoms with Gasteiger partial charge in [-0.3, -0.25) is 0 Å². The lowest BCUT2D eigenvalue weighted by Crippen LogP contribution is -2.31. The first kappa shape index (κ1) is 27.8. The summed E-state index contributed by atoms with van der Waals surface area (Å²) in [5.41, 5.74) is 9.04. The van der Waals surface area contributed by atoms with Gasteiger partial charge in [-0.15, -0.1) is 0 Å². The number of anilines is 1.